The summed E-state index contributed by atoms with van der Waals surface area (Å²) in [6.45, 7) is 0. The van der Waals surface area contributed by atoms with Crippen molar-refractivity contribution in [3.8, 4) is 77.9 Å². The van der Waals surface area contributed by atoms with E-state index in [1.165, 1.54) is 156 Å². The first-order valence-electron chi connectivity index (χ1n) is 25.3. The van der Waals surface area contributed by atoms with Gasteiger partial charge in [-0.25, -0.2) is 0 Å². The van der Waals surface area contributed by atoms with Gasteiger partial charge in [0.1, 0.15) is 0 Å². The van der Waals surface area contributed by atoms with Crippen molar-refractivity contribution in [2.45, 2.75) is 5.41 Å². The van der Waals surface area contributed by atoms with Crippen LogP contribution in [0.15, 0.2) is 249 Å². The van der Waals surface area contributed by atoms with E-state index in [0.29, 0.717) is 0 Å². The van der Waals surface area contributed by atoms with Crippen molar-refractivity contribution < 1.29 is 0 Å². The summed E-state index contributed by atoms with van der Waals surface area (Å²) in [5.41, 5.74) is 23.2. The Morgan fingerprint density at radius 1 is 0.274 bits per heavy atom. The van der Waals surface area contributed by atoms with Crippen molar-refractivity contribution in [1.82, 2.24) is 0 Å². The van der Waals surface area contributed by atoms with Gasteiger partial charge in [-0.15, -0.1) is 0 Å². The maximum absolute atomic E-state index is 2.54. The van der Waals surface area contributed by atoms with Gasteiger partial charge in [-0.2, -0.15) is 0 Å². The summed E-state index contributed by atoms with van der Waals surface area (Å²) in [4.78, 5) is 0. The van der Waals surface area contributed by atoms with Crippen LogP contribution < -0.4 is 13.2 Å². The molecule has 0 saturated heterocycles. The fourth-order valence-corrected chi connectivity index (χ4v) is 17.5. The zero-order valence-electron chi connectivity index (χ0n) is 39.7. The second-order valence-corrected chi connectivity index (χ2v) is 23.8. The summed E-state index contributed by atoms with van der Waals surface area (Å²) in [5, 5.41) is 10.3. The van der Waals surface area contributed by atoms with Crippen LogP contribution >= 0.6 is 0 Å². The second-order valence-electron chi connectivity index (χ2n) is 20.0. The van der Waals surface area contributed by atoms with Crippen molar-refractivity contribution in [2.24, 2.45) is 0 Å². The third-order valence-electron chi connectivity index (χ3n) is 16.5. The molecule has 1 atom stereocenters. The van der Waals surface area contributed by atoms with Crippen LogP contribution in [0.3, 0.4) is 0 Å². The van der Waals surface area contributed by atoms with Crippen LogP contribution in [0.1, 0.15) is 22.3 Å². The van der Waals surface area contributed by atoms with E-state index in [0.717, 1.165) is 0 Å². The molecule has 0 N–H and O–H groups in total. The molecule has 1 spiro atoms. The number of fused-ring (bicyclic) bond motifs is 20. The van der Waals surface area contributed by atoms with Gasteiger partial charge in [0, 0.05) is 0 Å². The van der Waals surface area contributed by atoms with Crippen molar-refractivity contribution >= 4 is 88.2 Å². The van der Waals surface area contributed by atoms with E-state index in [1.807, 2.05) is 0 Å². The van der Waals surface area contributed by atoms with Gasteiger partial charge in [0.15, 0.2) is 0 Å². The molecule has 1 unspecified atom stereocenters. The predicted octanol–water partition coefficient (Wildman–Crippen LogP) is 15.7. The number of hydrogen-bond donors (Lipinski definition) is 0. The van der Waals surface area contributed by atoms with E-state index in [2.05, 4.69) is 265 Å². The molecule has 13 aromatic rings. The van der Waals surface area contributed by atoms with E-state index in [9.17, 15) is 0 Å². The normalized spacial score (nSPS) is 14.6. The Morgan fingerprint density at radius 3 is 1.48 bits per heavy atom. The fourth-order valence-electron chi connectivity index (χ4n) is 13.7. The zero-order valence-corrected chi connectivity index (χ0v) is 43.9. The average Bonchev–Trinajstić information content (AvgIpc) is 4.11. The van der Waals surface area contributed by atoms with Gasteiger partial charge in [0.2, 0.25) is 0 Å². The standard InChI is InChI=1S/C71H41Ge2/c72-64-38-11-7-20-45(64)43-19-13-18-42(40-43)44-28-14-30-51-59(44)41-60-48(54-32-16-33-55-49-23-8-12-39-65(49)73-70(54)55)29-15-31-52(60)66(51)58-34-17-37-63-67(58)56-26-5-9-35-61(56)71(63)62-36-10-6-27-57(62)68-50-24-3-1-21-46(50)47-22-2-4-25-53(47)69(68)71/h1-41H. The van der Waals surface area contributed by atoms with Gasteiger partial charge >= 0.3 is 360 Å². The van der Waals surface area contributed by atoms with E-state index >= 15 is 0 Å². The van der Waals surface area contributed by atoms with E-state index in [-0.39, 0.29) is 0 Å². The molecule has 73 heavy (non-hydrogen) atoms. The molecule has 5 radical (unpaired) electrons. The SMILES string of the molecule is [Ge][c]1ccccc1-c1cccc(-c2cccc3c(-c4cccc5c4-c4ccccc4C54c5ccccc5-c5c4c4ccccc4c4ccccc54)c4cccc(-c5cccc6[c]5[Ge][c]5ccccc5-6)c4cc23)c1. The Hall–Kier alpha value is -8.01. The monoisotopic (exact) mass is 1040 g/mol. The maximum atomic E-state index is 2.54. The Labute approximate surface area is 439 Å². The summed E-state index contributed by atoms with van der Waals surface area (Å²) >= 11 is 1.67. The minimum absolute atomic E-state index is 0.548. The van der Waals surface area contributed by atoms with Gasteiger partial charge in [0.25, 0.3) is 0 Å². The van der Waals surface area contributed by atoms with Crippen LogP contribution in [0.2, 0.25) is 0 Å². The molecule has 1 aliphatic heterocycles. The minimum atomic E-state index is -0.549. The van der Waals surface area contributed by atoms with E-state index < -0.39 is 20.8 Å². The predicted molar refractivity (Wildman–Crippen MR) is 310 cm³/mol. The van der Waals surface area contributed by atoms with Crippen LogP contribution in [0.4, 0.5) is 0 Å². The van der Waals surface area contributed by atoms with Crippen LogP contribution in [0.5, 0.6) is 0 Å². The van der Waals surface area contributed by atoms with Gasteiger partial charge in [-0.1, -0.05) is 66.7 Å². The van der Waals surface area contributed by atoms with Crippen LogP contribution in [0.25, 0.3) is 121 Å². The Kier molecular flexibility index (Phi) is 8.97. The number of rotatable bonds is 4. The van der Waals surface area contributed by atoms with E-state index in [4.69, 9.17) is 0 Å². The summed E-state index contributed by atoms with van der Waals surface area (Å²) in [5.74, 6) is 0. The van der Waals surface area contributed by atoms with Crippen molar-refractivity contribution in [3.63, 3.8) is 0 Å². The summed E-state index contributed by atoms with van der Waals surface area (Å²) in [6.07, 6.45) is 0. The van der Waals surface area contributed by atoms with Crippen molar-refractivity contribution in [2.75, 3.05) is 0 Å². The van der Waals surface area contributed by atoms with Gasteiger partial charge < -0.3 is 0 Å². The molecular weight excluding hydrogens is 998 g/mol. The number of hydrogen-bond acceptors (Lipinski definition) is 0. The molecule has 16 rings (SSSR count). The Morgan fingerprint density at radius 2 is 0.726 bits per heavy atom. The Balaban J connectivity index is 1.03. The third kappa shape index (κ3) is 5.68. The quantitative estimate of drug-likeness (QED) is 0.0936. The third-order valence-corrected chi connectivity index (χ3v) is 20.6. The molecule has 2 aliphatic carbocycles. The van der Waals surface area contributed by atoms with Gasteiger partial charge in [-0.05, 0) is 16.2 Å². The summed E-state index contributed by atoms with van der Waals surface area (Å²) < 4.78 is 4.34. The molecule has 0 amide bonds. The van der Waals surface area contributed by atoms with Crippen LogP contribution in [-0.4, -0.2) is 31.9 Å². The molecule has 13 aromatic carbocycles. The van der Waals surface area contributed by atoms with Gasteiger partial charge in [0.05, 0.1) is 0 Å². The first kappa shape index (κ1) is 41.6. The molecule has 0 aromatic heterocycles. The molecule has 0 saturated carbocycles. The van der Waals surface area contributed by atoms with Crippen LogP contribution in [-0.2, 0) is 5.41 Å². The first-order chi connectivity index (χ1) is 36.2. The van der Waals surface area contributed by atoms with Crippen molar-refractivity contribution in [3.05, 3.63) is 271 Å². The molecule has 0 bridgehead atoms. The molecule has 0 nitrogen and oxygen atoms in total. The van der Waals surface area contributed by atoms with Crippen molar-refractivity contribution in [1.29, 1.82) is 0 Å². The molecular formula is C71H41Ge2. The number of benzene rings is 13. The topological polar surface area (TPSA) is 0 Å². The van der Waals surface area contributed by atoms with Crippen LogP contribution in [0, 0.1) is 0 Å². The Bertz CT molecular complexity index is 4560. The molecule has 3 aliphatic rings. The van der Waals surface area contributed by atoms with Gasteiger partial charge in [-0.3, -0.25) is 0 Å². The molecule has 333 valence electrons. The second kappa shape index (κ2) is 15.7. The summed E-state index contributed by atoms with van der Waals surface area (Å²) in [7, 11) is 0. The average molecular weight is 1040 g/mol. The van der Waals surface area contributed by atoms with E-state index in [1.54, 1.807) is 0 Å². The first-order valence-corrected chi connectivity index (χ1v) is 28.5. The molecule has 0 fully saturated rings. The fraction of sp³-hybridized carbons (Fsp3) is 0.0141. The molecule has 1 heterocycles. The molecule has 2 heteroatoms. The summed E-state index contributed by atoms with van der Waals surface area (Å²) in [6, 6.07) is 95.0. The zero-order chi connectivity index (χ0) is 47.9.